The molecule has 6 heteroatoms. The van der Waals surface area contributed by atoms with Crippen LogP contribution in [0, 0.1) is 0 Å². The maximum absolute atomic E-state index is 12.2. The first-order chi connectivity index (χ1) is 11.3. The standard InChI is InChI=1S/C18H25N3O2S/c1-17(2,3)23-16(22)21-11-9-18(10-12-21)19-14-8-6-5-7-13(14)15(20-18)24-4/h5-8,19H,9-12H2,1-4H3. The van der Waals surface area contributed by atoms with Crippen LogP contribution in [0.2, 0.25) is 0 Å². The number of nitrogens with one attached hydrogen (secondary N) is 1. The number of hydrogen-bond donors (Lipinski definition) is 1. The average Bonchev–Trinajstić information content (AvgIpc) is 2.53. The van der Waals surface area contributed by atoms with Crippen LogP contribution < -0.4 is 5.32 Å². The van der Waals surface area contributed by atoms with Gasteiger partial charge in [0.15, 0.2) is 0 Å². The van der Waals surface area contributed by atoms with E-state index < -0.39 is 5.60 Å². The van der Waals surface area contributed by atoms with E-state index in [1.807, 2.05) is 32.9 Å². The minimum absolute atomic E-state index is 0.234. The maximum Gasteiger partial charge on any atom is 0.410 e. The first-order valence-electron chi connectivity index (χ1n) is 8.31. The zero-order valence-electron chi connectivity index (χ0n) is 14.8. The van der Waals surface area contributed by atoms with Gasteiger partial charge in [-0.15, -0.1) is 11.8 Å². The fourth-order valence-electron chi connectivity index (χ4n) is 3.09. The lowest BCUT2D eigenvalue weighted by Crippen LogP contribution is -2.52. The number of aliphatic imine (C=N–C) groups is 1. The lowest BCUT2D eigenvalue weighted by atomic mass is 9.94. The number of carbonyl (C=O) groups is 1. The predicted molar refractivity (Wildman–Crippen MR) is 99.9 cm³/mol. The molecule has 1 saturated heterocycles. The quantitative estimate of drug-likeness (QED) is 0.772. The van der Waals surface area contributed by atoms with E-state index >= 15 is 0 Å². The van der Waals surface area contributed by atoms with Crippen molar-refractivity contribution in [1.82, 2.24) is 4.90 Å². The number of ether oxygens (including phenoxy) is 1. The second-order valence-corrected chi connectivity index (χ2v) is 8.09. The van der Waals surface area contributed by atoms with Gasteiger partial charge in [-0.25, -0.2) is 9.79 Å². The molecule has 1 aromatic rings. The predicted octanol–water partition coefficient (Wildman–Crippen LogP) is 3.95. The summed E-state index contributed by atoms with van der Waals surface area (Å²) in [4.78, 5) is 19.0. The fourth-order valence-corrected chi connectivity index (χ4v) is 3.75. The van der Waals surface area contributed by atoms with Gasteiger partial charge in [-0.2, -0.15) is 0 Å². The lowest BCUT2D eigenvalue weighted by molar-refractivity contribution is 0.0180. The molecule has 0 bridgehead atoms. The van der Waals surface area contributed by atoms with Crippen molar-refractivity contribution in [1.29, 1.82) is 0 Å². The van der Waals surface area contributed by atoms with Gasteiger partial charge in [0.2, 0.25) is 0 Å². The van der Waals surface area contributed by atoms with Gasteiger partial charge in [-0.1, -0.05) is 18.2 Å². The number of para-hydroxylation sites is 1. The van der Waals surface area contributed by atoms with E-state index in [9.17, 15) is 4.79 Å². The molecule has 0 atom stereocenters. The van der Waals surface area contributed by atoms with Crippen molar-refractivity contribution < 1.29 is 9.53 Å². The Morgan fingerprint density at radius 3 is 2.58 bits per heavy atom. The SMILES string of the molecule is CSC1=NC2(CCN(C(=O)OC(C)(C)C)CC2)Nc2ccccc21. The minimum atomic E-state index is -0.460. The Balaban J connectivity index is 1.73. The van der Waals surface area contributed by atoms with Crippen molar-refractivity contribution in [2.75, 3.05) is 24.7 Å². The highest BCUT2D eigenvalue weighted by atomic mass is 32.2. The van der Waals surface area contributed by atoms with Gasteiger partial charge in [0, 0.05) is 37.2 Å². The third-order valence-electron chi connectivity index (χ3n) is 4.28. The number of benzene rings is 1. The molecule has 2 aliphatic heterocycles. The van der Waals surface area contributed by atoms with Crippen molar-refractivity contribution in [3.63, 3.8) is 0 Å². The van der Waals surface area contributed by atoms with Crippen molar-refractivity contribution in [3.8, 4) is 0 Å². The zero-order chi connectivity index (χ0) is 17.4. The number of likely N-dealkylation sites (tertiary alicyclic amines) is 1. The lowest BCUT2D eigenvalue weighted by Gasteiger charge is -2.43. The molecule has 1 aromatic carbocycles. The summed E-state index contributed by atoms with van der Waals surface area (Å²) in [5, 5.41) is 4.67. The molecule has 0 unspecified atom stereocenters. The summed E-state index contributed by atoms with van der Waals surface area (Å²) in [6.07, 6.45) is 3.39. The number of hydrogen-bond acceptors (Lipinski definition) is 5. The number of piperidine rings is 1. The third kappa shape index (κ3) is 3.53. The van der Waals surface area contributed by atoms with Crippen LogP contribution in [0.5, 0.6) is 0 Å². The van der Waals surface area contributed by atoms with Crippen LogP contribution in [0.25, 0.3) is 0 Å². The van der Waals surface area contributed by atoms with Gasteiger partial charge >= 0.3 is 6.09 Å². The normalized spacial score (nSPS) is 19.3. The van der Waals surface area contributed by atoms with E-state index in [2.05, 4.69) is 23.7 Å². The Bertz CT molecular complexity index is 658. The van der Waals surface area contributed by atoms with Gasteiger partial charge in [-0.3, -0.25) is 0 Å². The minimum Gasteiger partial charge on any atom is -0.444 e. The molecule has 0 saturated carbocycles. The van der Waals surface area contributed by atoms with Gasteiger partial charge in [0.1, 0.15) is 16.3 Å². The number of thioether (sulfide) groups is 1. The highest BCUT2D eigenvalue weighted by Gasteiger charge is 2.39. The van der Waals surface area contributed by atoms with E-state index in [0.717, 1.165) is 29.1 Å². The van der Waals surface area contributed by atoms with Crippen molar-refractivity contribution in [2.45, 2.75) is 44.9 Å². The van der Waals surface area contributed by atoms with E-state index in [1.54, 1.807) is 16.7 Å². The van der Waals surface area contributed by atoms with Crippen LogP contribution in [-0.4, -0.2) is 46.6 Å². The van der Waals surface area contributed by atoms with Gasteiger partial charge in [-0.05, 0) is 33.1 Å². The summed E-state index contributed by atoms with van der Waals surface area (Å²) in [6, 6.07) is 8.27. The third-order valence-corrected chi connectivity index (χ3v) is 4.97. The number of anilines is 1. The molecule has 1 spiro atoms. The maximum atomic E-state index is 12.2. The monoisotopic (exact) mass is 347 g/mol. The van der Waals surface area contributed by atoms with Crippen LogP contribution in [-0.2, 0) is 4.74 Å². The molecule has 0 radical (unpaired) electrons. The van der Waals surface area contributed by atoms with Gasteiger partial charge in [0.05, 0.1) is 0 Å². The van der Waals surface area contributed by atoms with E-state index in [0.29, 0.717) is 13.1 Å². The van der Waals surface area contributed by atoms with Crippen LogP contribution in [0.4, 0.5) is 10.5 Å². The molecule has 3 rings (SSSR count). The van der Waals surface area contributed by atoms with Crippen LogP contribution in [0.1, 0.15) is 39.2 Å². The number of amides is 1. The topological polar surface area (TPSA) is 53.9 Å². The van der Waals surface area contributed by atoms with Gasteiger partial charge < -0.3 is 15.0 Å². The smallest absolute Gasteiger partial charge is 0.410 e. The molecular formula is C18H25N3O2S. The molecular weight excluding hydrogens is 322 g/mol. The first kappa shape index (κ1) is 17.1. The molecule has 24 heavy (non-hydrogen) atoms. The molecule has 5 nitrogen and oxygen atoms in total. The Kier molecular flexibility index (Phi) is 4.51. The van der Waals surface area contributed by atoms with Crippen LogP contribution in [0.3, 0.4) is 0 Å². The van der Waals surface area contributed by atoms with Gasteiger partial charge in [0.25, 0.3) is 0 Å². The summed E-state index contributed by atoms with van der Waals surface area (Å²) in [5.41, 5.74) is 1.51. The second kappa shape index (κ2) is 6.31. The Hall–Kier alpha value is -1.69. The largest absolute Gasteiger partial charge is 0.444 e. The Morgan fingerprint density at radius 1 is 1.29 bits per heavy atom. The highest BCUT2D eigenvalue weighted by Crippen LogP contribution is 2.36. The fraction of sp³-hybridized carbons (Fsp3) is 0.556. The van der Waals surface area contributed by atoms with Crippen molar-refractivity contribution in [3.05, 3.63) is 29.8 Å². The number of nitrogens with zero attached hydrogens (tertiary/aromatic N) is 2. The zero-order valence-corrected chi connectivity index (χ0v) is 15.6. The van der Waals surface area contributed by atoms with E-state index in [4.69, 9.17) is 9.73 Å². The molecule has 1 N–H and O–H groups in total. The Morgan fingerprint density at radius 2 is 1.96 bits per heavy atom. The molecule has 2 heterocycles. The number of fused-ring (bicyclic) bond motifs is 1. The van der Waals surface area contributed by atoms with E-state index in [-0.39, 0.29) is 11.8 Å². The van der Waals surface area contributed by atoms with E-state index in [1.165, 1.54) is 0 Å². The summed E-state index contributed by atoms with van der Waals surface area (Å²) >= 11 is 1.68. The Labute approximate surface area is 147 Å². The molecule has 2 aliphatic rings. The highest BCUT2D eigenvalue weighted by molar-refractivity contribution is 8.13. The van der Waals surface area contributed by atoms with Crippen molar-refractivity contribution in [2.24, 2.45) is 4.99 Å². The first-order valence-corrected chi connectivity index (χ1v) is 9.54. The van der Waals surface area contributed by atoms with Crippen LogP contribution >= 0.6 is 11.8 Å². The average molecular weight is 347 g/mol. The van der Waals surface area contributed by atoms with Crippen LogP contribution in [0.15, 0.2) is 29.3 Å². The summed E-state index contributed by atoms with van der Waals surface area (Å²) < 4.78 is 5.48. The number of rotatable bonds is 0. The van der Waals surface area contributed by atoms with Crippen molar-refractivity contribution >= 4 is 28.6 Å². The summed E-state index contributed by atoms with van der Waals surface area (Å²) in [5.74, 6) is 0. The molecule has 0 aromatic heterocycles. The molecule has 1 amide bonds. The molecule has 1 fully saturated rings. The number of carbonyl (C=O) groups excluding carboxylic acids is 1. The summed E-state index contributed by atoms with van der Waals surface area (Å²) in [6.45, 7) is 6.98. The molecule has 130 valence electrons. The molecule has 0 aliphatic carbocycles. The second-order valence-electron chi connectivity index (χ2n) is 7.29. The summed E-state index contributed by atoms with van der Waals surface area (Å²) in [7, 11) is 0.